The van der Waals surface area contributed by atoms with E-state index in [-0.39, 0.29) is 6.04 Å². The topological polar surface area (TPSA) is 30.5 Å². The van der Waals surface area contributed by atoms with Gasteiger partial charge in [-0.15, -0.1) is 0 Å². The lowest BCUT2D eigenvalue weighted by molar-refractivity contribution is 0.394. The van der Waals surface area contributed by atoms with E-state index in [0.717, 1.165) is 23.6 Å². The Hall–Kier alpha value is -1.48. The summed E-state index contributed by atoms with van der Waals surface area (Å²) in [5, 5.41) is 3.44. The van der Waals surface area contributed by atoms with E-state index in [9.17, 15) is 0 Å². The molecule has 100 valence electrons. The van der Waals surface area contributed by atoms with Gasteiger partial charge in [-0.1, -0.05) is 18.6 Å². The molecular formula is C15H23NO2. The van der Waals surface area contributed by atoms with Gasteiger partial charge in [-0.25, -0.2) is 0 Å². The van der Waals surface area contributed by atoms with Crippen LogP contribution in [0.15, 0.2) is 29.8 Å². The van der Waals surface area contributed by atoms with Gasteiger partial charge in [-0.05, 0) is 38.6 Å². The minimum atomic E-state index is 0.144. The molecular weight excluding hydrogens is 226 g/mol. The third-order valence-electron chi connectivity index (χ3n) is 2.70. The number of hydrogen-bond donors (Lipinski definition) is 1. The minimum Gasteiger partial charge on any atom is -0.497 e. The standard InChI is InChI=1S/C15H23NO2/c1-6-16-14(9-11(2)3)13-10-12(17-4)7-8-15(13)18-5/h7-10,14,16H,6H2,1-5H3. The van der Waals surface area contributed by atoms with Crippen LogP contribution >= 0.6 is 0 Å². The maximum atomic E-state index is 5.43. The molecule has 1 aromatic rings. The molecule has 1 atom stereocenters. The van der Waals surface area contributed by atoms with E-state index >= 15 is 0 Å². The van der Waals surface area contributed by atoms with Crippen molar-refractivity contribution in [2.45, 2.75) is 26.8 Å². The zero-order valence-electron chi connectivity index (χ0n) is 11.9. The van der Waals surface area contributed by atoms with Crippen LogP contribution in [0.25, 0.3) is 0 Å². The molecule has 0 fully saturated rings. The normalized spacial score (nSPS) is 11.8. The van der Waals surface area contributed by atoms with Crippen LogP contribution in [0.5, 0.6) is 11.5 Å². The third-order valence-corrected chi connectivity index (χ3v) is 2.70. The molecule has 18 heavy (non-hydrogen) atoms. The molecule has 0 saturated carbocycles. The van der Waals surface area contributed by atoms with E-state index in [2.05, 4.69) is 32.2 Å². The highest BCUT2D eigenvalue weighted by Gasteiger charge is 2.14. The molecule has 0 bridgehead atoms. The average Bonchev–Trinajstić information content (AvgIpc) is 2.37. The van der Waals surface area contributed by atoms with Crippen molar-refractivity contribution in [3.63, 3.8) is 0 Å². The molecule has 0 aromatic heterocycles. The van der Waals surface area contributed by atoms with Gasteiger partial charge in [-0.3, -0.25) is 0 Å². The molecule has 0 aliphatic heterocycles. The first-order chi connectivity index (χ1) is 8.62. The van der Waals surface area contributed by atoms with Crippen molar-refractivity contribution in [1.82, 2.24) is 5.32 Å². The summed E-state index contributed by atoms with van der Waals surface area (Å²) >= 11 is 0. The quantitative estimate of drug-likeness (QED) is 0.784. The summed E-state index contributed by atoms with van der Waals surface area (Å²) in [5.41, 5.74) is 2.37. The van der Waals surface area contributed by atoms with Crippen molar-refractivity contribution in [3.8, 4) is 11.5 Å². The first-order valence-electron chi connectivity index (χ1n) is 6.22. The lowest BCUT2D eigenvalue weighted by Crippen LogP contribution is -2.20. The largest absolute Gasteiger partial charge is 0.497 e. The Bertz CT molecular complexity index is 409. The van der Waals surface area contributed by atoms with Gasteiger partial charge in [0.2, 0.25) is 0 Å². The Kier molecular flexibility index (Phi) is 5.72. The Morgan fingerprint density at radius 2 is 2.00 bits per heavy atom. The van der Waals surface area contributed by atoms with Crippen molar-refractivity contribution in [2.75, 3.05) is 20.8 Å². The highest BCUT2D eigenvalue weighted by atomic mass is 16.5. The molecule has 0 radical (unpaired) electrons. The highest BCUT2D eigenvalue weighted by Crippen LogP contribution is 2.30. The van der Waals surface area contributed by atoms with E-state index in [1.54, 1.807) is 14.2 Å². The van der Waals surface area contributed by atoms with Crippen LogP contribution in [0.1, 0.15) is 32.4 Å². The number of nitrogens with one attached hydrogen (secondary N) is 1. The summed E-state index contributed by atoms with van der Waals surface area (Å²) in [6.07, 6.45) is 2.20. The maximum Gasteiger partial charge on any atom is 0.124 e. The molecule has 0 heterocycles. The summed E-state index contributed by atoms with van der Waals surface area (Å²) in [7, 11) is 3.37. The Morgan fingerprint density at radius 1 is 1.28 bits per heavy atom. The monoisotopic (exact) mass is 249 g/mol. The van der Waals surface area contributed by atoms with Crippen molar-refractivity contribution in [1.29, 1.82) is 0 Å². The predicted molar refractivity (Wildman–Crippen MR) is 75.4 cm³/mol. The fraction of sp³-hybridized carbons (Fsp3) is 0.467. The molecule has 0 amide bonds. The molecule has 1 aromatic carbocycles. The average molecular weight is 249 g/mol. The number of rotatable bonds is 6. The Labute approximate surface area is 110 Å². The molecule has 0 saturated heterocycles. The summed E-state index contributed by atoms with van der Waals surface area (Å²) in [6.45, 7) is 7.18. The molecule has 1 N–H and O–H groups in total. The first-order valence-corrected chi connectivity index (χ1v) is 6.22. The van der Waals surface area contributed by atoms with Crippen LogP contribution in [-0.2, 0) is 0 Å². The minimum absolute atomic E-state index is 0.144. The smallest absolute Gasteiger partial charge is 0.124 e. The number of ether oxygens (including phenoxy) is 2. The summed E-state index contributed by atoms with van der Waals surface area (Å²) in [4.78, 5) is 0. The molecule has 0 aliphatic carbocycles. The van der Waals surface area contributed by atoms with Gasteiger partial charge in [0.05, 0.1) is 20.3 Å². The summed E-state index contributed by atoms with van der Waals surface area (Å²) < 4.78 is 10.7. The fourth-order valence-electron chi connectivity index (χ4n) is 1.89. The van der Waals surface area contributed by atoms with Gasteiger partial charge in [0, 0.05) is 5.56 Å². The van der Waals surface area contributed by atoms with Crippen molar-refractivity contribution < 1.29 is 9.47 Å². The summed E-state index contributed by atoms with van der Waals surface area (Å²) in [6, 6.07) is 6.02. The second-order valence-electron chi connectivity index (χ2n) is 4.39. The number of allylic oxidation sites excluding steroid dienone is 1. The fourth-order valence-corrected chi connectivity index (χ4v) is 1.89. The molecule has 1 rings (SSSR count). The van der Waals surface area contributed by atoms with Gasteiger partial charge in [0.1, 0.15) is 11.5 Å². The van der Waals surface area contributed by atoms with E-state index in [1.165, 1.54) is 5.57 Å². The van der Waals surface area contributed by atoms with E-state index in [4.69, 9.17) is 9.47 Å². The second kappa shape index (κ2) is 7.07. The zero-order chi connectivity index (χ0) is 13.5. The Morgan fingerprint density at radius 3 is 2.50 bits per heavy atom. The van der Waals surface area contributed by atoms with E-state index in [0.29, 0.717) is 0 Å². The lowest BCUT2D eigenvalue weighted by Gasteiger charge is -2.19. The van der Waals surface area contributed by atoms with Gasteiger partial charge >= 0.3 is 0 Å². The Balaban J connectivity index is 3.19. The van der Waals surface area contributed by atoms with Crippen LogP contribution < -0.4 is 14.8 Å². The predicted octanol–water partition coefficient (Wildman–Crippen LogP) is 3.32. The SMILES string of the molecule is CCNC(C=C(C)C)c1cc(OC)ccc1OC. The van der Waals surface area contributed by atoms with Crippen LogP contribution in [0.3, 0.4) is 0 Å². The lowest BCUT2D eigenvalue weighted by atomic mass is 10.0. The molecule has 3 nitrogen and oxygen atoms in total. The molecule has 3 heteroatoms. The van der Waals surface area contributed by atoms with Crippen molar-refractivity contribution >= 4 is 0 Å². The van der Waals surface area contributed by atoms with Gasteiger partial charge < -0.3 is 14.8 Å². The number of likely N-dealkylation sites (N-methyl/N-ethyl adjacent to an activating group) is 1. The number of hydrogen-bond acceptors (Lipinski definition) is 3. The molecule has 1 unspecified atom stereocenters. The van der Waals surface area contributed by atoms with E-state index < -0.39 is 0 Å². The van der Waals surface area contributed by atoms with Gasteiger partial charge in [-0.2, -0.15) is 0 Å². The van der Waals surface area contributed by atoms with Crippen molar-refractivity contribution in [3.05, 3.63) is 35.4 Å². The number of benzene rings is 1. The van der Waals surface area contributed by atoms with Crippen molar-refractivity contribution in [2.24, 2.45) is 0 Å². The van der Waals surface area contributed by atoms with Crippen LogP contribution in [0, 0.1) is 0 Å². The van der Waals surface area contributed by atoms with Crippen LogP contribution in [0.4, 0.5) is 0 Å². The second-order valence-corrected chi connectivity index (χ2v) is 4.39. The molecule has 0 spiro atoms. The summed E-state index contributed by atoms with van der Waals surface area (Å²) in [5.74, 6) is 1.72. The molecule has 0 aliphatic rings. The highest BCUT2D eigenvalue weighted by molar-refractivity contribution is 5.44. The van der Waals surface area contributed by atoms with Crippen LogP contribution in [0.2, 0.25) is 0 Å². The van der Waals surface area contributed by atoms with E-state index in [1.807, 2.05) is 18.2 Å². The third kappa shape index (κ3) is 3.77. The van der Waals surface area contributed by atoms with Gasteiger partial charge in [0.15, 0.2) is 0 Å². The number of methoxy groups -OCH3 is 2. The van der Waals surface area contributed by atoms with Crippen LogP contribution in [-0.4, -0.2) is 20.8 Å². The van der Waals surface area contributed by atoms with Gasteiger partial charge in [0.25, 0.3) is 0 Å². The maximum absolute atomic E-state index is 5.43. The zero-order valence-corrected chi connectivity index (χ0v) is 11.9. The first kappa shape index (κ1) is 14.6.